The van der Waals surface area contributed by atoms with E-state index in [2.05, 4.69) is 20.3 Å². The van der Waals surface area contributed by atoms with Crippen LogP contribution < -0.4 is 20.9 Å². The van der Waals surface area contributed by atoms with Crippen LogP contribution in [-0.4, -0.2) is 41.4 Å². The van der Waals surface area contributed by atoms with E-state index in [0.29, 0.717) is 24.2 Å². The summed E-state index contributed by atoms with van der Waals surface area (Å²) in [5, 5.41) is 13.2. The van der Waals surface area contributed by atoms with Gasteiger partial charge in [-0.2, -0.15) is 0 Å². The lowest BCUT2D eigenvalue weighted by atomic mass is 10.1. The van der Waals surface area contributed by atoms with E-state index in [9.17, 15) is 22.8 Å². The number of hydrogen-bond acceptors (Lipinski definition) is 8. The lowest BCUT2D eigenvalue weighted by molar-refractivity contribution is -0.124. The molecule has 0 bridgehead atoms. The van der Waals surface area contributed by atoms with Gasteiger partial charge in [0.25, 0.3) is 15.6 Å². The summed E-state index contributed by atoms with van der Waals surface area (Å²) in [7, 11) is -4.01. The Hall–Kier alpha value is -4.52. The van der Waals surface area contributed by atoms with Gasteiger partial charge < -0.3 is 10.1 Å². The molecule has 1 aliphatic rings. The van der Waals surface area contributed by atoms with Crippen LogP contribution in [0, 0.1) is 5.41 Å². The van der Waals surface area contributed by atoms with E-state index in [1.807, 2.05) is 0 Å². The number of nitrogens with one attached hydrogen (secondary N) is 4. The number of sulfonamides is 1. The minimum atomic E-state index is -4.01. The molecule has 0 fully saturated rings. The number of hydrogen-bond donors (Lipinski definition) is 4. The predicted molar refractivity (Wildman–Crippen MR) is 148 cm³/mol. The molecule has 0 saturated carbocycles. The summed E-state index contributed by atoms with van der Waals surface area (Å²) >= 11 is 0. The molecule has 3 aromatic rings. The van der Waals surface area contributed by atoms with Gasteiger partial charge in [-0.05, 0) is 44.9 Å². The van der Waals surface area contributed by atoms with Crippen LogP contribution in [0.15, 0.2) is 70.5 Å². The Morgan fingerprint density at radius 2 is 1.77 bits per heavy atom. The molecule has 12 nitrogen and oxygen atoms in total. The lowest BCUT2D eigenvalue weighted by Crippen LogP contribution is -2.37. The number of aromatic nitrogens is 2. The fourth-order valence-corrected chi connectivity index (χ4v) is 5.16. The Balaban J connectivity index is 1.40. The fraction of sp³-hybridized carbons (Fsp3) is 0.296. The number of rotatable bonds is 7. The molecule has 2 amide bonds. The number of amides is 2. The number of nitrogens with zero attached hydrogens (tertiary/aromatic N) is 2. The van der Waals surface area contributed by atoms with Crippen molar-refractivity contribution in [3.05, 3.63) is 88.1 Å². The van der Waals surface area contributed by atoms with Gasteiger partial charge in [-0.3, -0.25) is 29.6 Å². The number of aryl methyl sites for hydroxylation is 1. The minimum Gasteiger partial charge on any atom is -0.444 e. The predicted octanol–water partition coefficient (Wildman–Crippen LogP) is 2.70. The number of carbonyl (C=O) groups excluding carboxylic acids is 2. The van der Waals surface area contributed by atoms with Crippen molar-refractivity contribution in [2.24, 2.45) is 0 Å². The smallest absolute Gasteiger partial charge is 0.413 e. The van der Waals surface area contributed by atoms with Crippen LogP contribution in [0.1, 0.15) is 50.2 Å². The van der Waals surface area contributed by atoms with Gasteiger partial charge in [0.15, 0.2) is 0 Å². The van der Waals surface area contributed by atoms with Crippen molar-refractivity contribution < 1.29 is 22.7 Å². The van der Waals surface area contributed by atoms with Crippen LogP contribution in [0.5, 0.6) is 0 Å². The highest BCUT2D eigenvalue weighted by atomic mass is 32.2. The maximum absolute atomic E-state index is 13.2. The molecule has 4 N–H and O–H groups in total. The number of amidine groups is 1. The normalized spacial score (nSPS) is 14.6. The molecule has 40 heavy (non-hydrogen) atoms. The maximum Gasteiger partial charge on any atom is 0.413 e. The minimum absolute atomic E-state index is 0.00373. The Labute approximate surface area is 231 Å². The monoisotopic (exact) mass is 566 g/mol. The second kappa shape index (κ2) is 11.3. The lowest BCUT2D eigenvalue weighted by Gasteiger charge is -2.19. The number of anilines is 1. The molecule has 0 spiro atoms. The van der Waals surface area contributed by atoms with E-state index < -0.39 is 39.2 Å². The average Bonchev–Trinajstić information content (AvgIpc) is 3.33. The molecule has 1 aromatic heterocycles. The van der Waals surface area contributed by atoms with Crippen molar-refractivity contribution in [2.75, 3.05) is 4.72 Å². The van der Waals surface area contributed by atoms with Crippen molar-refractivity contribution >= 4 is 33.5 Å². The van der Waals surface area contributed by atoms with Gasteiger partial charge in [-0.1, -0.05) is 42.5 Å². The third-order valence-electron chi connectivity index (χ3n) is 5.96. The van der Waals surface area contributed by atoms with Gasteiger partial charge in [-0.25, -0.2) is 18.2 Å². The average molecular weight is 567 g/mol. The first kappa shape index (κ1) is 28.5. The number of carbonyl (C=O) groups is 2. The first-order valence-corrected chi connectivity index (χ1v) is 14.0. The van der Waals surface area contributed by atoms with Crippen molar-refractivity contribution in [1.82, 2.24) is 20.2 Å². The Morgan fingerprint density at radius 1 is 1.10 bits per heavy atom. The zero-order chi connectivity index (χ0) is 29.1. The molecule has 1 atom stereocenters. The Morgan fingerprint density at radius 3 is 2.42 bits per heavy atom. The summed E-state index contributed by atoms with van der Waals surface area (Å²) in [4.78, 5) is 42.3. The molecule has 0 saturated heterocycles. The van der Waals surface area contributed by atoms with Gasteiger partial charge in [0.1, 0.15) is 29.0 Å². The molecule has 13 heteroatoms. The highest BCUT2D eigenvalue weighted by Crippen LogP contribution is 2.24. The maximum atomic E-state index is 13.2. The Bertz CT molecular complexity index is 1600. The van der Waals surface area contributed by atoms with E-state index in [0.717, 1.165) is 5.56 Å². The summed E-state index contributed by atoms with van der Waals surface area (Å²) in [6.07, 6.45) is 1.17. The van der Waals surface area contributed by atoms with Gasteiger partial charge in [0, 0.05) is 18.5 Å². The van der Waals surface area contributed by atoms with Crippen molar-refractivity contribution in [2.45, 2.75) is 56.7 Å². The van der Waals surface area contributed by atoms with E-state index in [4.69, 9.17) is 10.1 Å². The summed E-state index contributed by atoms with van der Waals surface area (Å²) in [6.45, 7) is 5.33. The van der Waals surface area contributed by atoms with Crippen LogP contribution in [0.25, 0.3) is 0 Å². The van der Waals surface area contributed by atoms with Gasteiger partial charge in [-0.15, -0.1) is 0 Å². The molecule has 210 valence electrons. The molecule has 0 unspecified atom stereocenters. The molecule has 2 aromatic carbocycles. The zero-order valence-electron chi connectivity index (χ0n) is 22.2. The molecule has 2 heterocycles. The van der Waals surface area contributed by atoms with E-state index >= 15 is 0 Å². The van der Waals surface area contributed by atoms with Crippen molar-refractivity contribution in [1.29, 1.82) is 5.41 Å². The number of alkyl carbamates (subject to hydrolysis) is 1. The molecular weight excluding hydrogens is 536 g/mol. The number of benzene rings is 2. The fourth-order valence-electron chi connectivity index (χ4n) is 4.10. The summed E-state index contributed by atoms with van der Waals surface area (Å²) in [5.74, 6) is -0.139. The highest BCUT2D eigenvalue weighted by molar-refractivity contribution is 7.92. The van der Waals surface area contributed by atoms with E-state index in [1.54, 1.807) is 63.2 Å². The second-order valence-electron chi connectivity index (χ2n) is 10.2. The quantitative estimate of drug-likeness (QED) is 0.251. The van der Waals surface area contributed by atoms with Crippen molar-refractivity contribution in [3.8, 4) is 0 Å². The van der Waals surface area contributed by atoms with Crippen LogP contribution in [-0.2, 0) is 32.5 Å². The second-order valence-corrected chi connectivity index (χ2v) is 11.8. The molecule has 1 aliphatic heterocycles. The molecule has 4 rings (SSSR count). The van der Waals surface area contributed by atoms with Crippen LogP contribution >= 0.6 is 0 Å². The van der Waals surface area contributed by atoms with Crippen LogP contribution in [0.3, 0.4) is 0 Å². The SMILES string of the molecule is CC(C)(C)OC(=O)NC(=N)c1ccc(CNC(=O)[C@@H]2CCc3ncc(NS(=O)(=O)c4ccccc4)c(=O)n32)cc1. The number of fused-ring (bicyclic) bond motifs is 1. The molecule has 0 aliphatic carbocycles. The highest BCUT2D eigenvalue weighted by Gasteiger charge is 2.31. The third-order valence-corrected chi connectivity index (χ3v) is 7.34. The van der Waals surface area contributed by atoms with Gasteiger partial charge in [0.2, 0.25) is 5.91 Å². The van der Waals surface area contributed by atoms with Crippen LogP contribution in [0.2, 0.25) is 0 Å². The summed E-state index contributed by atoms with van der Waals surface area (Å²) in [5.41, 5.74) is -0.400. The summed E-state index contributed by atoms with van der Waals surface area (Å²) in [6, 6.07) is 13.5. The first-order chi connectivity index (χ1) is 18.8. The Kier molecular flexibility index (Phi) is 8.05. The molecule has 0 radical (unpaired) electrons. The van der Waals surface area contributed by atoms with Gasteiger partial charge >= 0.3 is 6.09 Å². The van der Waals surface area contributed by atoms with E-state index in [-0.39, 0.29) is 23.0 Å². The number of ether oxygens (including phenoxy) is 1. The van der Waals surface area contributed by atoms with Gasteiger partial charge in [0.05, 0.1) is 11.1 Å². The molecular formula is C27H30N6O6S. The zero-order valence-corrected chi connectivity index (χ0v) is 23.0. The topological polar surface area (TPSA) is 172 Å². The third kappa shape index (κ3) is 6.72. The van der Waals surface area contributed by atoms with E-state index in [1.165, 1.54) is 22.9 Å². The largest absolute Gasteiger partial charge is 0.444 e. The van der Waals surface area contributed by atoms with Crippen molar-refractivity contribution in [3.63, 3.8) is 0 Å². The van der Waals surface area contributed by atoms with Crippen LogP contribution in [0.4, 0.5) is 10.5 Å². The standard InChI is InChI=1S/C27H30N6O6S/c1-27(2,3)39-26(36)31-23(28)18-11-9-17(10-12-18)15-30-24(34)21-13-14-22-29-16-20(25(35)33(21)22)32-40(37,38)19-7-5-4-6-8-19/h4-12,16,21,32H,13-15H2,1-3H3,(H,30,34)(H2,28,31,36)/t21-/m0/s1. The first-order valence-electron chi connectivity index (χ1n) is 12.5. The summed E-state index contributed by atoms with van der Waals surface area (Å²) < 4.78 is 34.1.